The molecule has 0 aromatic rings. The summed E-state index contributed by atoms with van der Waals surface area (Å²) >= 11 is 0. The molecule has 0 aromatic heterocycles. The van der Waals surface area contributed by atoms with Crippen LogP contribution in [0.15, 0.2) is 12.2 Å². The third-order valence-electron chi connectivity index (χ3n) is 10.0. The van der Waals surface area contributed by atoms with Crippen molar-refractivity contribution < 1.29 is 32.9 Å². The molecule has 8 nitrogen and oxygen atoms in total. The van der Waals surface area contributed by atoms with Gasteiger partial charge in [0.2, 0.25) is 5.91 Å². The Morgan fingerprint density at radius 3 is 1.42 bits per heavy atom. The van der Waals surface area contributed by atoms with Crippen LogP contribution in [-0.4, -0.2) is 73.4 Å². The van der Waals surface area contributed by atoms with Gasteiger partial charge in [0.15, 0.2) is 0 Å². The molecule has 0 spiro atoms. The number of hydrogen-bond donors (Lipinski definition) is 3. The molecule has 0 radical (unpaired) electrons. The second-order valence-electron chi connectivity index (χ2n) is 16.4. The van der Waals surface area contributed by atoms with Gasteiger partial charge in [-0.2, -0.15) is 0 Å². The number of phosphoric ester groups is 1. The minimum Gasteiger partial charge on any atom is -0.387 e. The molecule has 3 N–H and O–H groups in total. The average Bonchev–Trinajstić information content (AvgIpc) is 3.09. The molecule has 1 amide bonds. The summed E-state index contributed by atoms with van der Waals surface area (Å²) in [6.45, 7) is 4.79. The van der Waals surface area contributed by atoms with Crippen LogP contribution < -0.4 is 5.32 Å². The molecule has 0 fully saturated rings. The lowest BCUT2D eigenvalue weighted by molar-refractivity contribution is -0.870. The fraction of sp³-hybridized carbons (Fsp3) is 0.930. The first kappa shape index (κ1) is 51.2. The van der Waals surface area contributed by atoms with Crippen molar-refractivity contribution in [2.45, 2.75) is 219 Å². The van der Waals surface area contributed by atoms with E-state index in [1.54, 1.807) is 6.08 Å². The number of hydrogen-bond acceptors (Lipinski definition) is 5. The van der Waals surface area contributed by atoms with Crippen LogP contribution in [-0.2, 0) is 18.4 Å². The highest BCUT2D eigenvalue weighted by Gasteiger charge is 2.27. The lowest BCUT2D eigenvalue weighted by Gasteiger charge is -2.25. The number of aliphatic hydroxyl groups excluding tert-OH is 1. The van der Waals surface area contributed by atoms with E-state index in [0.717, 1.165) is 32.1 Å². The molecule has 310 valence electrons. The number of nitrogens with zero attached hydrogens (tertiary/aromatic N) is 1. The Kier molecular flexibility index (Phi) is 35.4. The number of phosphoric acid groups is 1. The van der Waals surface area contributed by atoms with Gasteiger partial charge in [0.25, 0.3) is 0 Å². The standard InChI is InChI=1S/C43H87N2O6P/c1-6-8-10-12-14-16-17-18-19-20-21-22-23-24-25-26-27-28-29-30-32-34-36-42(46)41(40-51-52(48,49)50-39-38-45(3,4)5)44-43(47)37-35-33-31-15-13-11-9-7-2/h34,36,41-42,46H,6-33,35,37-40H2,1-5H3,(H-,44,47,48,49)/p+1/b36-34+. The summed E-state index contributed by atoms with van der Waals surface area (Å²) in [5.41, 5.74) is 0. The summed E-state index contributed by atoms with van der Waals surface area (Å²) in [7, 11) is 1.58. The molecule has 3 atom stereocenters. The van der Waals surface area contributed by atoms with Crippen molar-refractivity contribution in [2.75, 3.05) is 40.9 Å². The van der Waals surface area contributed by atoms with E-state index in [9.17, 15) is 19.4 Å². The van der Waals surface area contributed by atoms with Crippen LogP contribution in [0.5, 0.6) is 0 Å². The molecule has 9 heteroatoms. The summed E-state index contributed by atoms with van der Waals surface area (Å²) in [6.07, 6.45) is 40.1. The summed E-state index contributed by atoms with van der Waals surface area (Å²) in [6, 6.07) is -0.838. The molecule has 0 aliphatic rings. The van der Waals surface area contributed by atoms with Gasteiger partial charge in [-0.3, -0.25) is 13.8 Å². The van der Waals surface area contributed by atoms with Gasteiger partial charge in [-0.1, -0.05) is 193 Å². The Morgan fingerprint density at radius 1 is 0.635 bits per heavy atom. The van der Waals surface area contributed by atoms with Crippen LogP contribution >= 0.6 is 7.82 Å². The van der Waals surface area contributed by atoms with Gasteiger partial charge >= 0.3 is 7.82 Å². The molecular weight excluding hydrogens is 671 g/mol. The zero-order valence-corrected chi connectivity index (χ0v) is 36.0. The molecule has 0 saturated heterocycles. The van der Waals surface area contributed by atoms with E-state index >= 15 is 0 Å². The zero-order chi connectivity index (χ0) is 38.6. The lowest BCUT2D eigenvalue weighted by Crippen LogP contribution is -2.45. The first-order valence-electron chi connectivity index (χ1n) is 22.1. The van der Waals surface area contributed by atoms with Crippen LogP contribution in [0.4, 0.5) is 0 Å². The number of quaternary nitrogens is 1. The smallest absolute Gasteiger partial charge is 0.387 e. The number of allylic oxidation sites excluding steroid dienone is 1. The Labute approximate surface area is 322 Å². The number of rotatable bonds is 40. The molecule has 0 aliphatic carbocycles. The van der Waals surface area contributed by atoms with Gasteiger partial charge in [-0.15, -0.1) is 0 Å². The minimum atomic E-state index is -4.32. The SMILES string of the molecule is CCCCCCCCCCCCCCCCCCCCCC/C=C/C(O)C(COP(=O)(O)OCC[N+](C)(C)C)NC(=O)CCCCCCCCCC. The highest BCUT2D eigenvalue weighted by atomic mass is 31.2. The molecule has 0 aliphatic heterocycles. The number of likely N-dealkylation sites (N-methyl/N-ethyl adjacent to an activating group) is 1. The van der Waals surface area contributed by atoms with Crippen LogP contribution in [0.3, 0.4) is 0 Å². The van der Waals surface area contributed by atoms with Crippen molar-refractivity contribution in [1.29, 1.82) is 0 Å². The molecule has 0 rings (SSSR count). The highest BCUT2D eigenvalue weighted by Crippen LogP contribution is 2.43. The van der Waals surface area contributed by atoms with Gasteiger partial charge < -0.3 is 19.8 Å². The molecule has 3 unspecified atom stereocenters. The molecular formula is C43H88N2O6P+. The number of aliphatic hydroxyl groups is 1. The maximum Gasteiger partial charge on any atom is 0.472 e. The first-order chi connectivity index (χ1) is 25.0. The van der Waals surface area contributed by atoms with E-state index in [-0.39, 0.29) is 19.1 Å². The third-order valence-corrected chi connectivity index (χ3v) is 11.0. The van der Waals surface area contributed by atoms with E-state index in [2.05, 4.69) is 19.2 Å². The predicted octanol–water partition coefficient (Wildman–Crippen LogP) is 12.0. The zero-order valence-electron chi connectivity index (χ0n) is 35.1. The Balaban J connectivity index is 4.24. The number of carbonyl (C=O) groups excluding carboxylic acids is 1. The Bertz CT molecular complexity index is 865. The van der Waals surface area contributed by atoms with Gasteiger partial charge in [0.1, 0.15) is 13.2 Å². The molecule has 0 bridgehead atoms. The van der Waals surface area contributed by atoms with E-state index < -0.39 is 20.0 Å². The first-order valence-corrected chi connectivity index (χ1v) is 23.6. The predicted molar refractivity (Wildman–Crippen MR) is 222 cm³/mol. The van der Waals surface area contributed by atoms with Crippen molar-refractivity contribution in [3.05, 3.63) is 12.2 Å². The molecule has 0 saturated carbocycles. The van der Waals surface area contributed by atoms with Crippen molar-refractivity contribution in [2.24, 2.45) is 0 Å². The second kappa shape index (κ2) is 35.9. The summed E-state index contributed by atoms with van der Waals surface area (Å²) < 4.78 is 23.5. The molecule has 0 heterocycles. The fourth-order valence-corrected chi connectivity index (χ4v) is 7.19. The Morgan fingerprint density at radius 2 is 1.02 bits per heavy atom. The van der Waals surface area contributed by atoms with Crippen LogP contribution in [0, 0.1) is 0 Å². The monoisotopic (exact) mass is 760 g/mol. The maximum atomic E-state index is 12.7. The van der Waals surface area contributed by atoms with E-state index in [1.165, 1.54) is 154 Å². The van der Waals surface area contributed by atoms with Crippen LogP contribution in [0.25, 0.3) is 0 Å². The number of nitrogens with one attached hydrogen (secondary N) is 1. The minimum absolute atomic E-state index is 0.0642. The largest absolute Gasteiger partial charge is 0.472 e. The van der Waals surface area contributed by atoms with Crippen molar-refractivity contribution >= 4 is 13.7 Å². The topological polar surface area (TPSA) is 105 Å². The van der Waals surface area contributed by atoms with Crippen LogP contribution in [0.2, 0.25) is 0 Å². The highest BCUT2D eigenvalue weighted by molar-refractivity contribution is 7.47. The van der Waals surface area contributed by atoms with Crippen molar-refractivity contribution in [3.63, 3.8) is 0 Å². The lowest BCUT2D eigenvalue weighted by atomic mass is 10.0. The third kappa shape index (κ3) is 37.6. The van der Waals surface area contributed by atoms with Gasteiger partial charge in [-0.05, 0) is 19.3 Å². The van der Waals surface area contributed by atoms with Crippen molar-refractivity contribution in [3.8, 4) is 0 Å². The van der Waals surface area contributed by atoms with Gasteiger partial charge in [0.05, 0.1) is 39.9 Å². The summed E-state index contributed by atoms with van der Waals surface area (Å²) in [4.78, 5) is 23.0. The normalized spacial score (nSPS) is 14.5. The van der Waals surface area contributed by atoms with Crippen LogP contribution in [0.1, 0.15) is 206 Å². The second-order valence-corrected chi connectivity index (χ2v) is 17.9. The number of unbranched alkanes of at least 4 members (excludes halogenated alkanes) is 27. The molecule has 0 aromatic carbocycles. The van der Waals surface area contributed by atoms with E-state index in [0.29, 0.717) is 17.4 Å². The summed E-state index contributed by atoms with van der Waals surface area (Å²) in [5, 5.41) is 13.8. The summed E-state index contributed by atoms with van der Waals surface area (Å²) in [5.74, 6) is -0.181. The number of carbonyl (C=O) groups is 1. The van der Waals surface area contributed by atoms with Gasteiger partial charge in [-0.25, -0.2) is 4.57 Å². The van der Waals surface area contributed by atoms with E-state index in [1.807, 2.05) is 27.2 Å². The quantitative estimate of drug-likeness (QED) is 0.0249. The van der Waals surface area contributed by atoms with Crippen molar-refractivity contribution in [1.82, 2.24) is 5.32 Å². The Hall–Kier alpha value is -0.760. The fourth-order valence-electron chi connectivity index (χ4n) is 6.45. The average molecular weight is 760 g/mol. The van der Waals surface area contributed by atoms with E-state index in [4.69, 9.17) is 9.05 Å². The number of amides is 1. The van der Waals surface area contributed by atoms with Gasteiger partial charge in [0, 0.05) is 6.42 Å². The maximum absolute atomic E-state index is 12.7. The molecule has 52 heavy (non-hydrogen) atoms.